The molecule has 0 bridgehead atoms. The molecule has 3 N–H and O–H groups in total. The number of hydrogen-bond donors (Lipinski definition) is 3. The van der Waals surface area contributed by atoms with Gasteiger partial charge in [0.05, 0.1) is 4.92 Å². The van der Waals surface area contributed by atoms with Crippen molar-refractivity contribution in [3.05, 3.63) is 99.1 Å². The predicted molar refractivity (Wildman–Crippen MR) is 124 cm³/mol. The van der Waals surface area contributed by atoms with Gasteiger partial charge in [0.1, 0.15) is 22.9 Å². The first-order valence-electron chi connectivity index (χ1n) is 9.41. The molecule has 32 heavy (non-hydrogen) atoms. The molecular weight excluding hydrogens is 478 g/mol. The van der Waals surface area contributed by atoms with Crippen molar-refractivity contribution in [3.8, 4) is 22.8 Å². The van der Waals surface area contributed by atoms with Gasteiger partial charge in [-0.1, -0.05) is 34.1 Å². The average molecular weight is 494 g/mol. The normalized spacial score (nSPS) is 10.5. The molecule has 0 atom stereocenters. The van der Waals surface area contributed by atoms with Gasteiger partial charge in [0.15, 0.2) is 0 Å². The van der Waals surface area contributed by atoms with Crippen molar-refractivity contribution in [1.29, 1.82) is 0 Å². The maximum absolute atomic E-state index is 11.3. The highest BCUT2D eigenvalue weighted by molar-refractivity contribution is 9.10. The summed E-state index contributed by atoms with van der Waals surface area (Å²) in [5, 5.41) is 23.7. The van der Waals surface area contributed by atoms with Gasteiger partial charge in [0.25, 0.3) is 5.69 Å². The Morgan fingerprint density at radius 2 is 1.84 bits per heavy atom. The van der Waals surface area contributed by atoms with E-state index in [1.54, 1.807) is 54.6 Å². The number of carboxylic acid groups (broad SMARTS) is 1. The number of aromatic amines is 1. The first-order chi connectivity index (χ1) is 15.4. The highest BCUT2D eigenvalue weighted by Gasteiger charge is 2.16. The van der Waals surface area contributed by atoms with Crippen LogP contribution in [0.1, 0.15) is 10.5 Å². The third-order valence-electron chi connectivity index (χ3n) is 4.59. The quantitative estimate of drug-likeness (QED) is 0.197. The van der Waals surface area contributed by atoms with Gasteiger partial charge in [-0.2, -0.15) is 0 Å². The van der Waals surface area contributed by atoms with Crippen LogP contribution in [0.25, 0.3) is 11.3 Å². The molecule has 0 radical (unpaired) electrons. The van der Waals surface area contributed by atoms with E-state index in [-0.39, 0.29) is 11.4 Å². The van der Waals surface area contributed by atoms with Crippen molar-refractivity contribution in [2.45, 2.75) is 0 Å². The van der Waals surface area contributed by atoms with Crippen molar-refractivity contribution in [2.24, 2.45) is 0 Å². The smallest absolute Gasteiger partial charge is 0.352 e. The van der Waals surface area contributed by atoms with Gasteiger partial charge in [0, 0.05) is 27.5 Å². The molecule has 3 aromatic carbocycles. The fourth-order valence-corrected chi connectivity index (χ4v) is 3.51. The summed E-state index contributed by atoms with van der Waals surface area (Å²) in [7, 11) is 0. The van der Waals surface area contributed by atoms with Crippen LogP contribution in [-0.4, -0.2) is 21.0 Å². The average Bonchev–Trinajstić information content (AvgIpc) is 3.26. The van der Waals surface area contributed by atoms with Crippen LogP contribution >= 0.6 is 15.9 Å². The van der Waals surface area contributed by atoms with E-state index in [1.807, 2.05) is 12.1 Å². The SMILES string of the molecule is O=C(O)c1ccc(-c2cc(Nc3ccccc3[N+](=O)[O-])ccc2Oc2cccc(Br)c2)[nH]1. The van der Waals surface area contributed by atoms with E-state index in [9.17, 15) is 20.0 Å². The molecule has 160 valence electrons. The lowest BCUT2D eigenvalue weighted by atomic mass is 10.1. The first-order valence-corrected chi connectivity index (χ1v) is 10.2. The highest BCUT2D eigenvalue weighted by atomic mass is 79.9. The minimum Gasteiger partial charge on any atom is -0.477 e. The fraction of sp³-hybridized carbons (Fsp3) is 0. The molecule has 0 aliphatic rings. The summed E-state index contributed by atoms with van der Waals surface area (Å²) in [6.07, 6.45) is 0. The molecule has 0 fully saturated rings. The van der Waals surface area contributed by atoms with E-state index in [0.29, 0.717) is 34.1 Å². The topological polar surface area (TPSA) is 117 Å². The third-order valence-corrected chi connectivity index (χ3v) is 5.08. The lowest BCUT2D eigenvalue weighted by Gasteiger charge is -2.14. The van der Waals surface area contributed by atoms with Crippen molar-refractivity contribution in [3.63, 3.8) is 0 Å². The number of aromatic nitrogens is 1. The predicted octanol–water partition coefficient (Wildman–Crippen LogP) is 6.59. The van der Waals surface area contributed by atoms with Crippen molar-refractivity contribution in [1.82, 2.24) is 4.98 Å². The second-order valence-electron chi connectivity index (χ2n) is 6.76. The maximum Gasteiger partial charge on any atom is 0.352 e. The van der Waals surface area contributed by atoms with Crippen molar-refractivity contribution in [2.75, 3.05) is 5.32 Å². The first kappa shape index (κ1) is 21.1. The Morgan fingerprint density at radius 3 is 2.56 bits per heavy atom. The van der Waals surface area contributed by atoms with Crippen LogP contribution in [0.2, 0.25) is 0 Å². The molecule has 0 spiro atoms. The Kier molecular flexibility index (Phi) is 5.91. The molecule has 0 aliphatic heterocycles. The van der Waals surface area contributed by atoms with Crippen molar-refractivity contribution < 1.29 is 19.6 Å². The molecular formula is C23H16BrN3O5. The number of aromatic carboxylic acids is 1. The zero-order valence-corrected chi connectivity index (χ0v) is 18.0. The number of para-hydroxylation sites is 2. The molecule has 0 saturated carbocycles. The summed E-state index contributed by atoms with van der Waals surface area (Å²) in [5.74, 6) is -0.0139. The van der Waals surface area contributed by atoms with Crippen LogP contribution in [0.3, 0.4) is 0 Å². The van der Waals surface area contributed by atoms with Crippen LogP contribution in [0.5, 0.6) is 11.5 Å². The number of carboxylic acids is 1. The minimum atomic E-state index is -1.08. The monoisotopic (exact) mass is 493 g/mol. The summed E-state index contributed by atoms with van der Waals surface area (Å²) in [6.45, 7) is 0. The fourth-order valence-electron chi connectivity index (χ4n) is 3.14. The Bertz CT molecular complexity index is 1320. The third kappa shape index (κ3) is 4.62. The minimum absolute atomic E-state index is 0.0328. The van der Waals surface area contributed by atoms with E-state index in [1.165, 1.54) is 12.1 Å². The van der Waals surface area contributed by atoms with E-state index < -0.39 is 10.9 Å². The van der Waals surface area contributed by atoms with Crippen LogP contribution in [0, 0.1) is 10.1 Å². The van der Waals surface area contributed by atoms with Gasteiger partial charge in [0.2, 0.25) is 0 Å². The molecule has 1 heterocycles. The number of nitrogens with one attached hydrogen (secondary N) is 2. The summed E-state index contributed by atoms with van der Waals surface area (Å²) in [4.78, 5) is 25.1. The summed E-state index contributed by atoms with van der Waals surface area (Å²) >= 11 is 3.41. The van der Waals surface area contributed by atoms with Gasteiger partial charge in [-0.05, 0) is 54.6 Å². The molecule has 0 saturated heterocycles. The summed E-state index contributed by atoms with van der Waals surface area (Å²) in [6, 6.07) is 21.9. The number of benzene rings is 3. The maximum atomic E-state index is 11.3. The number of ether oxygens (including phenoxy) is 1. The Labute approximate surface area is 190 Å². The standard InChI is InChI=1S/C23H16BrN3O5/c24-14-4-3-5-16(12-14)32-22-11-8-15(25-19-6-1-2-7-21(19)27(30)31)13-17(22)18-9-10-20(26-18)23(28)29/h1-13,25-26H,(H,28,29). The van der Waals surface area contributed by atoms with Gasteiger partial charge < -0.3 is 20.1 Å². The van der Waals surface area contributed by atoms with E-state index in [2.05, 4.69) is 26.2 Å². The number of hydrogen-bond acceptors (Lipinski definition) is 5. The molecule has 1 aromatic heterocycles. The second-order valence-corrected chi connectivity index (χ2v) is 7.68. The number of nitro benzene ring substituents is 1. The molecule has 0 unspecified atom stereocenters. The van der Waals surface area contributed by atoms with E-state index in [4.69, 9.17) is 4.74 Å². The Balaban J connectivity index is 1.76. The van der Waals surface area contributed by atoms with Crippen molar-refractivity contribution >= 4 is 39.0 Å². The molecule has 8 nitrogen and oxygen atoms in total. The molecule has 9 heteroatoms. The van der Waals surface area contributed by atoms with Gasteiger partial charge >= 0.3 is 5.97 Å². The lowest BCUT2D eigenvalue weighted by molar-refractivity contribution is -0.383. The number of anilines is 2. The molecule has 0 amide bonds. The highest BCUT2D eigenvalue weighted by Crippen LogP contribution is 2.37. The summed E-state index contributed by atoms with van der Waals surface area (Å²) < 4.78 is 6.89. The largest absolute Gasteiger partial charge is 0.477 e. The van der Waals surface area contributed by atoms with Crippen LogP contribution < -0.4 is 10.1 Å². The van der Waals surface area contributed by atoms with Crippen LogP contribution in [0.4, 0.5) is 17.1 Å². The molecule has 4 rings (SSSR count). The number of halogens is 1. The Hall–Kier alpha value is -4.11. The Morgan fingerprint density at radius 1 is 1.03 bits per heavy atom. The van der Waals surface area contributed by atoms with Crippen LogP contribution in [0.15, 0.2) is 83.3 Å². The number of carbonyl (C=O) groups is 1. The molecule has 0 aliphatic carbocycles. The van der Waals surface area contributed by atoms with Gasteiger partial charge in [-0.15, -0.1) is 0 Å². The number of nitro groups is 1. The van der Waals surface area contributed by atoms with E-state index >= 15 is 0 Å². The number of H-pyrrole nitrogens is 1. The zero-order valence-electron chi connectivity index (χ0n) is 16.4. The molecule has 4 aromatic rings. The van der Waals surface area contributed by atoms with Crippen LogP contribution in [-0.2, 0) is 0 Å². The number of rotatable bonds is 7. The van der Waals surface area contributed by atoms with Gasteiger partial charge in [-0.3, -0.25) is 10.1 Å². The lowest BCUT2D eigenvalue weighted by Crippen LogP contribution is -1.98. The van der Waals surface area contributed by atoms with E-state index in [0.717, 1.165) is 4.47 Å². The van der Waals surface area contributed by atoms with Gasteiger partial charge in [-0.25, -0.2) is 4.79 Å². The zero-order chi connectivity index (χ0) is 22.7. The second kappa shape index (κ2) is 8.94. The number of nitrogens with zero attached hydrogens (tertiary/aromatic N) is 1. The summed E-state index contributed by atoms with van der Waals surface area (Å²) in [5.41, 5.74) is 1.99.